The van der Waals surface area contributed by atoms with Crippen molar-refractivity contribution < 1.29 is 31.5 Å². The smallest absolute Gasteiger partial charge is 0.455 e. The molecule has 0 bridgehead atoms. The Labute approximate surface area is 139 Å². The lowest BCUT2D eigenvalue weighted by Crippen LogP contribution is -2.18. The van der Waals surface area contributed by atoms with E-state index in [0.29, 0.717) is 5.56 Å². The normalized spacial score (nSPS) is 11.6. The third kappa shape index (κ3) is 3.42. The highest BCUT2D eigenvalue weighted by Crippen LogP contribution is 2.36. The highest BCUT2D eigenvalue weighted by atomic mass is 19.4. The summed E-state index contributed by atoms with van der Waals surface area (Å²) in [6, 6.07) is 8.63. The van der Waals surface area contributed by atoms with Gasteiger partial charge in [0.25, 0.3) is 5.91 Å². The van der Waals surface area contributed by atoms with Crippen LogP contribution < -0.4 is 10.1 Å². The maximum Gasteiger partial charge on any atom is 0.573 e. The highest BCUT2D eigenvalue weighted by Gasteiger charge is 2.31. The molecule has 0 aliphatic heterocycles. The standard InChI is InChI=1S/C17H11F4NO3/c1-22-16(23)14-12-8-11(25-17(19,20)21)6-7-13(12)24-15(14)9-2-4-10(18)5-3-9/h2-8H,1H3,(H,22,23). The van der Waals surface area contributed by atoms with Gasteiger partial charge in [-0.1, -0.05) is 0 Å². The second kappa shape index (κ2) is 6.12. The van der Waals surface area contributed by atoms with Crippen LogP contribution in [0, 0.1) is 5.82 Å². The molecular weight excluding hydrogens is 342 g/mol. The molecule has 8 heteroatoms. The first-order chi connectivity index (χ1) is 11.8. The monoisotopic (exact) mass is 353 g/mol. The van der Waals surface area contributed by atoms with Crippen LogP contribution in [-0.2, 0) is 0 Å². The van der Waals surface area contributed by atoms with E-state index in [9.17, 15) is 22.4 Å². The Kier molecular flexibility index (Phi) is 4.12. The molecule has 0 aliphatic carbocycles. The molecule has 1 heterocycles. The predicted octanol–water partition coefficient (Wildman–Crippen LogP) is 4.50. The Morgan fingerprint density at radius 3 is 2.40 bits per heavy atom. The molecular formula is C17H11F4NO3. The summed E-state index contributed by atoms with van der Waals surface area (Å²) in [6.07, 6.45) is -4.86. The number of hydrogen-bond donors (Lipinski definition) is 1. The highest BCUT2D eigenvalue weighted by molar-refractivity contribution is 6.11. The van der Waals surface area contributed by atoms with Crippen LogP contribution in [0.3, 0.4) is 0 Å². The summed E-state index contributed by atoms with van der Waals surface area (Å²) in [6.45, 7) is 0. The van der Waals surface area contributed by atoms with Gasteiger partial charge in [-0.2, -0.15) is 0 Å². The predicted molar refractivity (Wildman–Crippen MR) is 81.7 cm³/mol. The molecule has 0 unspecified atom stereocenters. The van der Waals surface area contributed by atoms with Gasteiger partial charge in [0, 0.05) is 18.0 Å². The molecule has 0 fully saturated rings. The number of furan rings is 1. The van der Waals surface area contributed by atoms with Gasteiger partial charge in [-0.15, -0.1) is 13.2 Å². The number of alkyl halides is 3. The van der Waals surface area contributed by atoms with E-state index < -0.39 is 23.8 Å². The maximum atomic E-state index is 13.1. The van der Waals surface area contributed by atoms with Gasteiger partial charge < -0.3 is 14.5 Å². The zero-order chi connectivity index (χ0) is 18.2. The topological polar surface area (TPSA) is 51.5 Å². The third-order valence-electron chi connectivity index (χ3n) is 3.45. The fraction of sp³-hybridized carbons (Fsp3) is 0.118. The van der Waals surface area contributed by atoms with Crippen molar-refractivity contribution in [2.24, 2.45) is 0 Å². The molecule has 0 saturated carbocycles. The molecule has 0 saturated heterocycles. The summed E-state index contributed by atoms with van der Waals surface area (Å²) in [5.41, 5.74) is 0.652. The van der Waals surface area contributed by atoms with E-state index in [0.717, 1.165) is 12.1 Å². The van der Waals surface area contributed by atoms with Crippen LogP contribution in [0.5, 0.6) is 5.75 Å². The second-order valence-electron chi connectivity index (χ2n) is 5.10. The minimum atomic E-state index is -4.86. The lowest BCUT2D eigenvalue weighted by Gasteiger charge is -2.08. The lowest BCUT2D eigenvalue weighted by atomic mass is 10.0. The van der Waals surface area contributed by atoms with Crippen LogP contribution in [0.15, 0.2) is 46.9 Å². The van der Waals surface area contributed by atoms with Crippen LogP contribution in [0.2, 0.25) is 0 Å². The van der Waals surface area contributed by atoms with Gasteiger partial charge in [-0.3, -0.25) is 4.79 Å². The van der Waals surface area contributed by atoms with E-state index in [1.165, 1.54) is 37.4 Å². The molecule has 0 radical (unpaired) electrons. The van der Waals surface area contributed by atoms with Crippen molar-refractivity contribution in [3.05, 3.63) is 53.8 Å². The Morgan fingerprint density at radius 1 is 1.12 bits per heavy atom. The summed E-state index contributed by atoms with van der Waals surface area (Å²) in [7, 11) is 1.38. The quantitative estimate of drug-likeness (QED) is 0.706. The largest absolute Gasteiger partial charge is 0.573 e. The van der Waals surface area contributed by atoms with Crippen LogP contribution in [-0.4, -0.2) is 19.3 Å². The van der Waals surface area contributed by atoms with Crippen molar-refractivity contribution in [2.75, 3.05) is 7.05 Å². The van der Waals surface area contributed by atoms with Crippen LogP contribution in [0.4, 0.5) is 17.6 Å². The first kappa shape index (κ1) is 16.8. The Hall–Kier alpha value is -3.03. The molecule has 0 spiro atoms. The Morgan fingerprint density at radius 2 is 1.80 bits per heavy atom. The minimum Gasteiger partial charge on any atom is -0.455 e. The number of carbonyl (C=O) groups excluding carboxylic acids is 1. The van der Waals surface area contributed by atoms with Crippen LogP contribution in [0.1, 0.15) is 10.4 Å². The van der Waals surface area contributed by atoms with Gasteiger partial charge in [-0.05, 0) is 42.5 Å². The molecule has 130 valence electrons. The van der Waals surface area contributed by atoms with E-state index >= 15 is 0 Å². The zero-order valence-electron chi connectivity index (χ0n) is 12.8. The van der Waals surface area contributed by atoms with E-state index in [-0.39, 0.29) is 22.3 Å². The summed E-state index contributed by atoms with van der Waals surface area (Å²) < 4.78 is 59.9. The van der Waals surface area contributed by atoms with Crippen molar-refractivity contribution in [1.82, 2.24) is 5.32 Å². The third-order valence-corrected chi connectivity index (χ3v) is 3.45. The van der Waals surface area contributed by atoms with Crippen molar-refractivity contribution >= 4 is 16.9 Å². The molecule has 25 heavy (non-hydrogen) atoms. The molecule has 3 rings (SSSR count). The van der Waals surface area contributed by atoms with Gasteiger partial charge in [-0.25, -0.2) is 4.39 Å². The molecule has 3 aromatic rings. The van der Waals surface area contributed by atoms with Crippen molar-refractivity contribution in [3.63, 3.8) is 0 Å². The van der Waals surface area contributed by atoms with E-state index in [1.807, 2.05) is 0 Å². The fourth-order valence-corrected chi connectivity index (χ4v) is 2.43. The molecule has 1 N–H and O–H groups in total. The minimum absolute atomic E-state index is 0.0386. The average molecular weight is 353 g/mol. The second-order valence-corrected chi connectivity index (χ2v) is 5.10. The van der Waals surface area contributed by atoms with Crippen LogP contribution >= 0.6 is 0 Å². The molecule has 1 amide bonds. The van der Waals surface area contributed by atoms with E-state index in [2.05, 4.69) is 10.1 Å². The Balaban J connectivity index is 2.20. The molecule has 4 nitrogen and oxygen atoms in total. The molecule has 0 atom stereocenters. The first-order valence-corrected chi connectivity index (χ1v) is 7.09. The number of nitrogens with one attached hydrogen (secondary N) is 1. The molecule has 0 aliphatic rings. The number of hydrogen-bond acceptors (Lipinski definition) is 3. The van der Waals surface area contributed by atoms with Gasteiger partial charge in [0.05, 0.1) is 5.56 Å². The van der Waals surface area contributed by atoms with Crippen molar-refractivity contribution in [1.29, 1.82) is 0 Å². The summed E-state index contributed by atoms with van der Waals surface area (Å²) >= 11 is 0. The summed E-state index contributed by atoms with van der Waals surface area (Å²) in [4.78, 5) is 12.2. The van der Waals surface area contributed by atoms with Crippen LogP contribution in [0.25, 0.3) is 22.3 Å². The van der Waals surface area contributed by atoms with Gasteiger partial charge in [0.1, 0.15) is 22.9 Å². The van der Waals surface area contributed by atoms with Crippen molar-refractivity contribution in [2.45, 2.75) is 6.36 Å². The SMILES string of the molecule is CNC(=O)c1c(-c2ccc(F)cc2)oc2ccc(OC(F)(F)F)cc12. The van der Waals surface area contributed by atoms with E-state index in [1.54, 1.807) is 0 Å². The number of fused-ring (bicyclic) bond motifs is 1. The first-order valence-electron chi connectivity index (χ1n) is 7.09. The zero-order valence-corrected chi connectivity index (χ0v) is 12.8. The number of amides is 1. The molecule has 1 aromatic heterocycles. The van der Waals surface area contributed by atoms with E-state index in [4.69, 9.17) is 4.42 Å². The number of halogens is 4. The number of benzene rings is 2. The fourth-order valence-electron chi connectivity index (χ4n) is 2.43. The summed E-state index contributed by atoms with van der Waals surface area (Å²) in [5.74, 6) is -1.38. The lowest BCUT2D eigenvalue weighted by molar-refractivity contribution is -0.274. The van der Waals surface area contributed by atoms with Gasteiger partial charge >= 0.3 is 6.36 Å². The molecule has 2 aromatic carbocycles. The number of carbonyl (C=O) groups is 1. The number of rotatable bonds is 3. The van der Waals surface area contributed by atoms with Gasteiger partial charge in [0.15, 0.2) is 0 Å². The average Bonchev–Trinajstić information content (AvgIpc) is 2.92. The number of ether oxygens (including phenoxy) is 1. The Bertz CT molecular complexity index is 929. The van der Waals surface area contributed by atoms with Crippen molar-refractivity contribution in [3.8, 4) is 17.1 Å². The summed E-state index contributed by atoms with van der Waals surface area (Å²) in [5, 5.41) is 2.57. The maximum absolute atomic E-state index is 13.1. The van der Waals surface area contributed by atoms with Gasteiger partial charge in [0.2, 0.25) is 0 Å².